The predicted octanol–water partition coefficient (Wildman–Crippen LogP) is 1.58. The summed E-state index contributed by atoms with van der Waals surface area (Å²) < 4.78 is 26.9. The van der Waals surface area contributed by atoms with Crippen LogP contribution in [0.2, 0.25) is 0 Å². The zero-order chi connectivity index (χ0) is 13.8. The minimum atomic E-state index is -3.41. The van der Waals surface area contributed by atoms with Gasteiger partial charge in [-0.1, -0.05) is 24.6 Å². The Morgan fingerprint density at radius 2 is 1.94 bits per heavy atom. The topological polar surface area (TPSA) is 58.2 Å². The summed E-state index contributed by atoms with van der Waals surface area (Å²) in [4.78, 5) is 0.358. The fourth-order valence-corrected chi connectivity index (χ4v) is 3.19. The van der Waals surface area contributed by atoms with Gasteiger partial charge in [0.25, 0.3) is 0 Å². The summed E-state index contributed by atoms with van der Waals surface area (Å²) >= 11 is 0. The molecule has 5 heteroatoms. The van der Waals surface area contributed by atoms with Gasteiger partial charge in [0.1, 0.15) is 0 Å². The first-order chi connectivity index (χ1) is 8.36. The van der Waals surface area contributed by atoms with E-state index in [1.807, 2.05) is 39.8 Å². The van der Waals surface area contributed by atoms with Gasteiger partial charge in [-0.25, -0.2) is 13.1 Å². The summed E-state index contributed by atoms with van der Waals surface area (Å²) in [6.45, 7) is 8.93. The maximum absolute atomic E-state index is 12.1. The molecule has 0 aliphatic rings. The molecule has 0 aliphatic carbocycles. The molecule has 1 aromatic rings. The highest BCUT2D eigenvalue weighted by Gasteiger charge is 2.17. The second-order valence-corrected chi connectivity index (χ2v) is 6.31. The van der Waals surface area contributed by atoms with Crippen molar-refractivity contribution in [3.05, 3.63) is 29.3 Å². The zero-order valence-electron chi connectivity index (χ0n) is 11.4. The van der Waals surface area contributed by atoms with Crippen molar-refractivity contribution in [2.75, 3.05) is 13.1 Å². The molecule has 0 unspecified atom stereocenters. The molecule has 1 atom stereocenters. The van der Waals surface area contributed by atoms with Crippen LogP contribution in [0.1, 0.15) is 25.0 Å². The summed E-state index contributed by atoms with van der Waals surface area (Å²) in [5.41, 5.74) is 1.84. The number of aryl methyl sites for hydroxylation is 2. The van der Waals surface area contributed by atoms with Crippen LogP contribution in [-0.2, 0) is 10.0 Å². The van der Waals surface area contributed by atoms with Gasteiger partial charge in [0.05, 0.1) is 4.90 Å². The Kier molecular flexibility index (Phi) is 5.31. The molecule has 18 heavy (non-hydrogen) atoms. The highest BCUT2D eigenvalue weighted by molar-refractivity contribution is 7.89. The molecule has 0 fully saturated rings. The lowest BCUT2D eigenvalue weighted by Crippen LogP contribution is -2.38. The Morgan fingerprint density at radius 3 is 2.50 bits per heavy atom. The molecule has 0 heterocycles. The van der Waals surface area contributed by atoms with Crippen LogP contribution in [0.15, 0.2) is 23.1 Å². The van der Waals surface area contributed by atoms with Crippen LogP contribution in [0.25, 0.3) is 0 Å². The Hall–Kier alpha value is -0.910. The molecule has 1 aromatic carbocycles. The van der Waals surface area contributed by atoms with Gasteiger partial charge in [0.2, 0.25) is 10.0 Å². The number of rotatable bonds is 6. The normalized spacial score (nSPS) is 13.6. The third kappa shape index (κ3) is 4.08. The molecule has 102 valence electrons. The second kappa shape index (κ2) is 6.31. The number of hydrogen-bond acceptors (Lipinski definition) is 3. The van der Waals surface area contributed by atoms with Gasteiger partial charge in [-0.2, -0.15) is 0 Å². The molecule has 0 saturated heterocycles. The first-order valence-corrected chi connectivity index (χ1v) is 7.65. The number of nitrogens with one attached hydrogen (secondary N) is 2. The van der Waals surface area contributed by atoms with Crippen molar-refractivity contribution in [1.82, 2.24) is 10.0 Å². The van der Waals surface area contributed by atoms with E-state index in [9.17, 15) is 8.42 Å². The first kappa shape index (κ1) is 15.1. The predicted molar refractivity (Wildman–Crippen MR) is 74.2 cm³/mol. The molecule has 0 aromatic heterocycles. The van der Waals surface area contributed by atoms with Gasteiger partial charge in [0, 0.05) is 12.6 Å². The molecule has 0 bridgehead atoms. The van der Waals surface area contributed by atoms with Crippen LogP contribution in [-0.4, -0.2) is 27.5 Å². The fraction of sp³-hybridized carbons (Fsp3) is 0.538. The van der Waals surface area contributed by atoms with Crippen molar-refractivity contribution in [3.63, 3.8) is 0 Å². The van der Waals surface area contributed by atoms with Gasteiger partial charge in [0.15, 0.2) is 0 Å². The van der Waals surface area contributed by atoms with E-state index in [-0.39, 0.29) is 6.04 Å². The third-order valence-corrected chi connectivity index (χ3v) is 4.34. The Labute approximate surface area is 110 Å². The van der Waals surface area contributed by atoms with E-state index in [2.05, 4.69) is 10.0 Å². The van der Waals surface area contributed by atoms with E-state index in [4.69, 9.17) is 0 Å². The Bertz CT molecular complexity index is 498. The summed E-state index contributed by atoms with van der Waals surface area (Å²) in [5, 5.41) is 3.17. The van der Waals surface area contributed by atoms with Crippen LogP contribution in [0.4, 0.5) is 0 Å². The number of hydrogen-bond donors (Lipinski definition) is 2. The lowest BCUT2D eigenvalue weighted by atomic mass is 10.2. The van der Waals surface area contributed by atoms with Crippen molar-refractivity contribution < 1.29 is 8.42 Å². The lowest BCUT2D eigenvalue weighted by Gasteiger charge is -2.14. The average molecular weight is 270 g/mol. The second-order valence-electron chi connectivity index (χ2n) is 4.58. The van der Waals surface area contributed by atoms with Crippen LogP contribution in [0, 0.1) is 13.8 Å². The van der Waals surface area contributed by atoms with Gasteiger partial charge in [-0.3, -0.25) is 0 Å². The van der Waals surface area contributed by atoms with Gasteiger partial charge in [-0.05, 0) is 38.9 Å². The summed E-state index contributed by atoms with van der Waals surface area (Å²) in [6.07, 6.45) is 0. The summed E-state index contributed by atoms with van der Waals surface area (Å²) in [6, 6.07) is 5.47. The van der Waals surface area contributed by atoms with Crippen LogP contribution >= 0.6 is 0 Å². The highest BCUT2D eigenvalue weighted by Crippen LogP contribution is 2.15. The van der Waals surface area contributed by atoms with E-state index < -0.39 is 10.0 Å². The van der Waals surface area contributed by atoms with E-state index in [0.29, 0.717) is 11.4 Å². The number of benzene rings is 1. The van der Waals surface area contributed by atoms with E-state index in [1.54, 1.807) is 6.07 Å². The molecule has 0 aliphatic heterocycles. The molecule has 0 spiro atoms. The minimum absolute atomic E-state index is 0.121. The highest BCUT2D eigenvalue weighted by atomic mass is 32.2. The molecule has 0 saturated carbocycles. The van der Waals surface area contributed by atoms with Crippen molar-refractivity contribution >= 4 is 10.0 Å². The van der Waals surface area contributed by atoms with E-state index in [0.717, 1.165) is 17.7 Å². The van der Waals surface area contributed by atoms with Gasteiger partial charge >= 0.3 is 0 Å². The summed E-state index contributed by atoms with van der Waals surface area (Å²) in [5.74, 6) is 0. The monoisotopic (exact) mass is 270 g/mol. The summed E-state index contributed by atoms with van der Waals surface area (Å²) in [7, 11) is -3.41. The molecule has 1 rings (SSSR count). The van der Waals surface area contributed by atoms with Crippen molar-refractivity contribution in [2.45, 2.75) is 38.6 Å². The third-order valence-electron chi connectivity index (χ3n) is 2.75. The molecular formula is C13H22N2O2S. The fourth-order valence-electron chi connectivity index (χ4n) is 1.83. The van der Waals surface area contributed by atoms with Gasteiger partial charge < -0.3 is 5.32 Å². The first-order valence-electron chi connectivity index (χ1n) is 6.17. The van der Waals surface area contributed by atoms with Crippen molar-refractivity contribution in [1.29, 1.82) is 0 Å². The average Bonchev–Trinajstić information content (AvgIpc) is 2.26. The molecule has 0 amide bonds. The number of sulfonamides is 1. The number of likely N-dealkylation sites (N-methyl/N-ethyl adjacent to an activating group) is 1. The van der Waals surface area contributed by atoms with Crippen molar-refractivity contribution in [3.8, 4) is 0 Å². The Morgan fingerprint density at radius 1 is 1.28 bits per heavy atom. The maximum Gasteiger partial charge on any atom is 0.240 e. The van der Waals surface area contributed by atoms with Crippen LogP contribution < -0.4 is 10.0 Å². The minimum Gasteiger partial charge on any atom is -0.313 e. The molecule has 0 radical (unpaired) electrons. The van der Waals surface area contributed by atoms with E-state index >= 15 is 0 Å². The molecular weight excluding hydrogens is 248 g/mol. The lowest BCUT2D eigenvalue weighted by molar-refractivity contribution is 0.536. The Balaban J connectivity index is 2.80. The van der Waals surface area contributed by atoms with Crippen molar-refractivity contribution in [2.24, 2.45) is 0 Å². The van der Waals surface area contributed by atoms with Gasteiger partial charge in [-0.15, -0.1) is 0 Å². The SMILES string of the molecule is CCN[C@H](C)CNS(=O)(=O)c1ccc(C)cc1C. The molecule has 4 nitrogen and oxygen atoms in total. The largest absolute Gasteiger partial charge is 0.313 e. The van der Waals surface area contributed by atoms with Crippen LogP contribution in [0.5, 0.6) is 0 Å². The van der Waals surface area contributed by atoms with Crippen LogP contribution in [0.3, 0.4) is 0 Å². The zero-order valence-corrected chi connectivity index (χ0v) is 12.3. The standard InChI is InChI=1S/C13H22N2O2S/c1-5-14-12(4)9-15-18(16,17)13-7-6-10(2)8-11(13)3/h6-8,12,14-15H,5,9H2,1-4H3/t12-/m1/s1. The van der Waals surface area contributed by atoms with E-state index in [1.165, 1.54) is 0 Å². The smallest absolute Gasteiger partial charge is 0.240 e. The maximum atomic E-state index is 12.1. The quantitative estimate of drug-likeness (QED) is 0.825. The molecule has 2 N–H and O–H groups in total.